The van der Waals surface area contributed by atoms with Crippen molar-refractivity contribution in [1.82, 2.24) is 15.5 Å². The highest BCUT2D eigenvalue weighted by molar-refractivity contribution is 6.30. The molecule has 1 atom stereocenters. The van der Waals surface area contributed by atoms with Gasteiger partial charge in [-0.3, -0.25) is 0 Å². The van der Waals surface area contributed by atoms with Gasteiger partial charge < -0.3 is 9.84 Å². The van der Waals surface area contributed by atoms with Gasteiger partial charge in [-0.05, 0) is 31.2 Å². The van der Waals surface area contributed by atoms with Gasteiger partial charge in [0.2, 0.25) is 5.89 Å². The molecule has 0 fully saturated rings. The zero-order valence-corrected chi connectivity index (χ0v) is 11.2. The lowest BCUT2D eigenvalue weighted by atomic mass is 10.1. The minimum Gasteiger partial charge on any atom is -0.338 e. The topological polar surface area (TPSA) is 51.0 Å². The van der Waals surface area contributed by atoms with Crippen LogP contribution in [-0.4, -0.2) is 17.2 Å². The maximum Gasteiger partial charge on any atom is 0.243 e. The average Bonchev–Trinajstić information content (AvgIpc) is 2.82. The van der Waals surface area contributed by atoms with E-state index in [0.29, 0.717) is 18.1 Å². The molecule has 1 aromatic heterocycles. The van der Waals surface area contributed by atoms with Crippen LogP contribution in [0.15, 0.2) is 28.8 Å². The van der Waals surface area contributed by atoms with Gasteiger partial charge in [-0.15, -0.1) is 0 Å². The Bertz CT molecular complexity index is 491. The predicted molar refractivity (Wildman–Crippen MR) is 70.6 cm³/mol. The number of benzene rings is 1. The van der Waals surface area contributed by atoms with Crippen molar-refractivity contribution in [2.75, 3.05) is 7.05 Å². The largest absolute Gasteiger partial charge is 0.338 e. The van der Waals surface area contributed by atoms with Gasteiger partial charge >= 0.3 is 0 Å². The fourth-order valence-corrected chi connectivity index (χ4v) is 1.89. The summed E-state index contributed by atoms with van der Waals surface area (Å²) in [6, 6.07) is 7.78. The van der Waals surface area contributed by atoms with Crippen molar-refractivity contribution in [3.05, 3.63) is 46.6 Å². The first-order valence-electron chi connectivity index (χ1n) is 5.97. The van der Waals surface area contributed by atoms with E-state index in [0.717, 1.165) is 17.0 Å². The van der Waals surface area contributed by atoms with Crippen LogP contribution in [-0.2, 0) is 6.42 Å². The third kappa shape index (κ3) is 3.09. The van der Waals surface area contributed by atoms with Gasteiger partial charge in [0, 0.05) is 11.4 Å². The third-order valence-corrected chi connectivity index (χ3v) is 3.07. The molecular formula is C13H16ClN3O. The van der Waals surface area contributed by atoms with Gasteiger partial charge in [0.15, 0.2) is 5.82 Å². The average molecular weight is 266 g/mol. The maximum absolute atomic E-state index is 5.84. The molecule has 0 radical (unpaired) electrons. The fourth-order valence-electron chi connectivity index (χ4n) is 1.77. The van der Waals surface area contributed by atoms with E-state index in [9.17, 15) is 0 Å². The summed E-state index contributed by atoms with van der Waals surface area (Å²) >= 11 is 5.84. The van der Waals surface area contributed by atoms with Crippen molar-refractivity contribution in [3.63, 3.8) is 0 Å². The number of rotatable bonds is 5. The lowest BCUT2D eigenvalue weighted by Gasteiger charge is -2.06. The second kappa shape index (κ2) is 5.98. The van der Waals surface area contributed by atoms with Crippen LogP contribution in [0.2, 0.25) is 5.02 Å². The van der Waals surface area contributed by atoms with Gasteiger partial charge in [-0.1, -0.05) is 35.8 Å². The van der Waals surface area contributed by atoms with E-state index in [4.69, 9.17) is 16.1 Å². The van der Waals surface area contributed by atoms with Crippen molar-refractivity contribution < 1.29 is 4.52 Å². The standard InChI is InChI=1S/C13H16ClN3O/c1-3-11(15-2)13-16-12(17-18-13)8-9-4-6-10(14)7-5-9/h4-7,11,15H,3,8H2,1-2H3. The van der Waals surface area contributed by atoms with E-state index in [2.05, 4.69) is 22.4 Å². The molecule has 0 amide bonds. The molecule has 4 nitrogen and oxygen atoms in total. The van der Waals surface area contributed by atoms with E-state index in [1.165, 1.54) is 0 Å². The monoisotopic (exact) mass is 265 g/mol. The highest BCUT2D eigenvalue weighted by Gasteiger charge is 2.15. The molecule has 0 bridgehead atoms. The molecule has 1 aromatic carbocycles. The fraction of sp³-hybridized carbons (Fsp3) is 0.385. The van der Waals surface area contributed by atoms with Crippen LogP contribution in [0.25, 0.3) is 0 Å². The van der Waals surface area contributed by atoms with Crippen molar-refractivity contribution >= 4 is 11.6 Å². The summed E-state index contributed by atoms with van der Waals surface area (Å²) in [6.45, 7) is 2.07. The molecule has 2 aromatic rings. The molecule has 18 heavy (non-hydrogen) atoms. The number of hydrogen-bond acceptors (Lipinski definition) is 4. The van der Waals surface area contributed by atoms with Crippen LogP contribution < -0.4 is 5.32 Å². The first-order chi connectivity index (χ1) is 8.72. The Balaban J connectivity index is 2.08. The van der Waals surface area contributed by atoms with Crippen molar-refractivity contribution in [2.45, 2.75) is 25.8 Å². The van der Waals surface area contributed by atoms with Crippen LogP contribution in [0.1, 0.15) is 36.7 Å². The molecule has 0 saturated carbocycles. The molecule has 96 valence electrons. The predicted octanol–water partition coefficient (Wildman–Crippen LogP) is 2.98. The molecule has 0 aliphatic rings. The number of hydrogen-bond donors (Lipinski definition) is 1. The molecule has 2 rings (SSSR count). The Morgan fingerprint density at radius 1 is 1.33 bits per heavy atom. The van der Waals surface area contributed by atoms with E-state index >= 15 is 0 Å². The van der Waals surface area contributed by atoms with Crippen molar-refractivity contribution in [1.29, 1.82) is 0 Å². The molecule has 1 unspecified atom stereocenters. The maximum atomic E-state index is 5.84. The second-order valence-corrected chi connectivity index (χ2v) is 4.54. The summed E-state index contributed by atoms with van der Waals surface area (Å²) in [4.78, 5) is 4.40. The summed E-state index contributed by atoms with van der Waals surface area (Å²) in [7, 11) is 1.89. The highest BCUT2D eigenvalue weighted by atomic mass is 35.5. The number of nitrogens with one attached hydrogen (secondary N) is 1. The van der Waals surface area contributed by atoms with Crippen molar-refractivity contribution in [2.24, 2.45) is 0 Å². The lowest BCUT2D eigenvalue weighted by Crippen LogP contribution is -2.15. The smallest absolute Gasteiger partial charge is 0.243 e. The lowest BCUT2D eigenvalue weighted by molar-refractivity contribution is 0.331. The Kier molecular flexibility index (Phi) is 4.33. The zero-order valence-electron chi connectivity index (χ0n) is 10.5. The minimum atomic E-state index is 0.122. The minimum absolute atomic E-state index is 0.122. The van der Waals surface area contributed by atoms with Gasteiger partial charge in [0.1, 0.15) is 0 Å². The number of halogens is 1. The molecule has 0 spiro atoms. The summed E-state index contributed by atoms with van der Waals surface area (Å²) < 4.78 is 5.25. The SMILES string of the molecule is CCC(NC)c1nc(Cc2ccc(Cl)cc2)no1. The van der Waals surface area contributed by atoms with Crippen LogP contribution in [0.3, 0.4) is 0 Å². The Labute approximate surface area is 111 Å². The summed E-state index contributed by atoms with van der Waals surface area (Å²) in [5, 5.41) is 7.86. The summed E-state index contributed by atoms with van der Waals surface area (Å²) in [5.41, 5.74) is 1.12. The molecule has 1 heterocycles. The van der Waals surface area contributed by atoms with Crippen LogP contribution in [0, 0.1) is 0 Å². The van der Waals surface area contributed by atoms with Crippen LogP contribution in [0.4, 0.5) is 0 Å². The van der Waals surface area contributed by atoms with E-state index in [1.807, 2.05) is 31.3 Å². The molecule has 1 N–H and O–H groups in total. The van der Waals surface area contributed by atoms with Gasteiger partial charge in [0.25, 0.3) is 0 Å². The van der Waals surface area contributed by atoms with Crippen LogP contribution in [0.5, 0.6) is 0 Å². The number of nitrogens with zero attached hydrogens (tertiary/aromatic N) is 2. The van der Waals surface area contributed by atoms with E-state index in [1.54, 1.807) is 0 Å². The Morgan fingerprint density at radius 2 is 2.06 bits per heavy atom. The third-order valence-electron chi connectivity index (χ3n) is 2.81. The Hall–Kier alpha value is -1.39. The van der Waals surface area contributed by atoms with E-state index in [-0.39, 0.29) is 6.04 Å². The van der Waals surface area contributed by atoms with Crippen LogP contribution >= 0.6 is 11.6 Å². The summed E-state index contributed by atoms with van der Waals surface area (Å²) in [6.07, 6.45) is 1.57. The van der Waals surface area contributed by atoms with Gasteiger partial charge in [0.05, 0.1) is 6.04 Å². The molecule has 0 saturated heterocycles. The first kappa shape index (κ1) is 13.1. The Morgan fingerprint density at radius 3 is 2.67 bits per heavy atom. The number of aromatic nitrogens is 2. The molecule has 0 aliphatic heterocycles. The normalized spacial score (nSPS) is 12.6. The van der Waals surface area contributed by atoms with E-state index < -0.39 is 0 Å². The van der Waals surface area contributed by atoms with Crippen molar-refractivity contribution in [3.8, 4) is 0 Å². The first-order valence-corrected chi connectivity index (χ1v) is 6.35. The molecule has 5 heteroatoms. The summed E-state index contributed by atoms with van der Waals surface area (Å²) in [5.74, 6) is 1.34. The molecular weight excluding hydrogens is 250 g/mol. The second-order valence-electron chi connectivity index (χ2n) is 4.10. The molecule has 0 aliphatic carbocycles. The quantitative estimate of drug-likeness (QED) is 0.903. The zero-order chi connectivity index (χ0) is 13.0. The highest BCUT2D eigenvalue weighted by Crippen LogP contribution is 2.16. The van der Waals surface area contributed by atoms with Gasteiger partial charge in [-0.25, -0.2) is 0 Å². The van der Waals surface area contributed by atoms with Gasteiger partial charge in [-0.2, -0.15) is 4.98 Å².